The Hall–Kier alpha value is -2.34. The zero-order chi connectivity index (χ0) is 13.8. The van der Waals surface area contributed by atoms with Crippen LogP contribution in [-0.2, 0) is 6.54 Å². The van der Waals surface area contributed by atoms with Crippen LogP contribution in [0.2, 0.25) is 0 Å². The second-order valence-electron chi connectivity index (χ2n) is 4.55. The van der Waals surface area contributed by atoms with Crippen molar-refractivity contribution in [3.63, 3.8) is 0 Å². The molecule has 0 radical (unpaired) electrons. The zero-order valence-electron chi connectivity index (χ0n) is 11.3. The van der Waals surface area contributed by atoms with Crippen molar-refractivity contribution in [3.05, 3.63) is 42.1 Å². The van der Waals surface area contributed by atoms with Gasteiger partial charge in [0.15, 0.2) is 5.82 Å². The number of fused-ring (bicyclic) bond motifs is 1. The van der Waals surface area contributed by atoms with Crippen LogP contribution in [0.1, 0.15) is 19.0 Å². The van der Waals surface area contributed by atoms with Gasteiger partial charge in [0.1, 0.15) is 5.52 Å². The molecule has 0 spiro atoms. The van der Waals surface area contributed by atoms with E-state index >= 15 is 0 Å². The maximum Gasteiger partial charge on any atom is 0.178 e. The highest BCUT2D eigenvalue weighted by molar-refractivity contribution is 5.75. The lowest BCUT2D eigenvalue weighted by atomic mass is 10.3. The molecule has 1 aromatic carbocycles. The normalized spacial score (nSPS) is 11.1. The highest BCUT2D eigenvalue weighted by Gasteiger charge is 2.07. The number of hydrogen-bond acceptors (Lipinski definition) is 5. The van der Waals surface area contributed by atoms with Crippen molar-refractivity contribution in [2.45, 2.75) is 19.9 Å². The third-order valence-corrected chi connectivity index (χ3v) is 3.01. The Morgan fingerprint density at radius 1 is 1.05 bits per heavy atom. The van der Waals surface area contributed by atoms with Gasteiger partial charge in [0.05, 0.1) is 11.2 Å². The average molecular weight is 268 g/mol. The van der Waals surface area contributed by atoms with Gasteiger partial charge in [0, 0.05) is 6.54 Å². The summed E-state index contributed by atoms with van der Waals surface area (Å²) in [6.07, 6.45) is 1.11. The molecule has 0 amide bonds. The molecule has 102 valence electrons. The molecular weight excluding hydrogens is 252 g/mol. The van der Waals surface area contributed by atoms with Crippen LogP contribution in [0.5, 0.6) is 0 Å². The first-order valence-electron chi connectivity index (χ1n) is 6.72. The number of rotatable bonds is 5. The number of nitrogens with zero attached hydrogens (tertiary/aromatic N) is 5. The molecule has 1 N–H and O–H groups in total. The summed E-state index contributed by atoms with van der Waals surface area (Å²) >= 11 is 0. The Bertz CT molecular complexity index is 688. The molecule has 6 heteroatoms. The molecule has 0 aliphatic heterocycles. The predicted octanol–water partition coefficient (Wildman–Crippen LogP) is 1.71. The molecule has 0 saturated heterocycles. The molecule has 0 atom stereocenters. The van der Waals surface area contributed by atoms with Gasteiger partial charge in [-0.1, -0.05) is 24.3 Å². The number of para-hydroxylation sites is 1. The fraction of sp³-hybridized carbons (Fsp3) is 0.286. The van der Waals surface area contributed by atoms with Gasteiger partial charge in [-0.15, -0.1) is 10.2 Å². The Balaban J connectivity index is 1.84. The van der Waals surface area contributed by atoms with Gasteiger partial charge in [-0.25, -0.2) is 0 Å². The summed E-state index contributed by atoms with van der Waals surface area (Å²) in [7, 11) is 0. The minimum Gasteiger partial charge on any atom is -0.311 e. The number of benzene rings is 1. The SMILES string of the molecule is CCCNCc1ccc(-n2nnc3ccccc32)nn1. The van der Waals surface area contributed by atoms with E-state index in [1.54, 1.807) is 4.68 Å². The quantitative estimate of drug-likeness (QED) is 0.713. The van der Waals surface area contributed by atoms with Crippen LogP contribution in [0.4, 0.5) is 0 Å². The summed E-state index contributed by atoms with van der Waals surface area (Å²) in [5, 5.41) is 20.0. The Morgan fingerprint density at radius 2 is 1.95 bits per heavy atom. The van der Waals surface area contributed by atoms with Gasteiger partial charge in [-0.2, -0.15) is 9.78 Å². The summed E-state index contributed by atoms with van der Waals surface area (Å²) in [6, 6.07) is 11.7. The molecule has 2 heterocycles. The molecule has 0 fully saturated rings. The van der Waals surface area contributed by atoms with Crippen molar-refractivity contribution < 1.29 is 0 Å². The van der Waals surface area contributed by atoms with Crippen LogP contribution in [0.25, 0.3) is 16.9 Å². The van der Waals surface area contributed by atoms with E-state index in [4.69, 9.17) is 0 Å². The summed E-state index contributed by atoms with van der Waals surface area (Å²) in [4.78, 5) is 0. The van der Waals surface area contributed by atoms with Crippen molar-refractivity contribution in [2.75, 3.05) is 6.54 Å². The van der Waals surface area contributed by atoms with Crippen LogP contribution in [0, 0.1) is 0 Å². The fourth-order valence-corrected chi connectivity index (χ4v) is 1.99. The lowest BCUT2D eigenvalue weighted by Crippen LogP contribution is -2.15. The zero-order valence-corrected chi connectivity index (χ0v) is 11.3. The molecule has 0 aliphatic carbocycles. The molecule has 3 aromatic rings. The van der Waals surface area contributed by atoms with Crippen molar-refractivity contribution >= 4 is 11.0 Å². The van der Waals surface area contributed by atoms with Crippen molar-refractivity contribution in [2.24, 2.45) is 0 Å². The Kier molecular flexibility index (Phi) is 3.64. The Labute approximate surface area is 116 Å². The third kappa shape index (κ3) is 2.50. The molecule has 0 aliphatic rings. The van der Waals surface area contributed by atoms with Crippen molar-refractivity contribution in [3.8, 4) is 5.82 Å². The van der Waals surface area contributed by atoms with Gasteiger partial charge in [0.25, 0.3) is 0 Å². The van der Waals surface area contributed by atoms with E-state index in [0.29, 0.717) is 5.82 Å². The molecule has 3 rings (SSSR count). The largest absolute Gasteiger partial charge is 0.311 e. The van der Waals surface area contributed by atoms with Crippen LogP contribution in [0.3, 0.4) is 0 Å². The molecular formula is C14H16N6. The van der Waals surface area contributed by atoms with E-state index in [-0.39, 0.29) is 0 Å². The first-order valence-corrected chi connectivity index (χ1v) is 6.72. The molecule has 6 nitrogen and oxygen atoms in total. The van der Waals surface area contributed by atoms with Crippen LogP contribution in [-0.4, -0.2) is 31.7 Å². The van der Waals surface area contributed by atoms with Crippen LogP contribution >= 0.6 is 0 Å². The fourth-order valence-electron chi connectivity index (χ4n) is 1.99. The van der Waals surface area contributed by atoms with Gasteiger partial charge >= 0.3 is 0 Å². The minimum absolute atomic E-state index is 0.679. The molecule has 0 bridgehead atoms. The minimum atomic E-state index is 0.679. The van der Waals surface area contributed by atoms with E-state index in [1.807, 2.05) is 36.4 Å². The summed E-state index contributed by atoms with van der Waals surface area (Å²) in [5.41, 5.74) is 2.70. The smallest absolute Gasteiger partial charge is 0.178 e. The predicted molar refractivity (Wildman–Crippen MR) is 76.5 cm³/mol. The molecule has 20 heavy (non-hydrogen) atoms. The van der Waals surface area contributed by atoms with Gasteiger partial charge in [0.2, 0.25) is 0 Å². The molecule has 0 unspecified atom stereocenters. The van der Waals surface area contributed by atoms with E-state index in [1.165, 1.54) is 0 Å². The summed E-state index contributed by atoms with van der Waals surface area (Å²) in [5.74, 6) is 0.679. The number of aromatic nitrogens is 5. The highest BCUT2D eigenvalue weighted by Crippen LogP contribution is 2.13. The topological polar surface area (TPSA) is 68.5 Å². The maximum absolute atomic E-state index is 4.22. The second-order valence-corrected chi connectivity index (χ2v) is 4.55. The van der Waals surface area contributed by atoms with Crippen LogP contribution in [0.15, 0.2) is 36.4 Å². The van der Waals surface area contributed by atoms with E-state index in [2.05, 4.69) is 32.7 Å². The highest BCUT2D eigenvalue weighted by atomic mass is 15.5. The van der Waals surface area contributed by atoms with E-state index < -0.39 is 0 Å². The monoisotopic (exact) mass is 268 g/mol. The first-order chi connectivity index (χ1) is 9.88. The van der Waals surface area contributed by atoms with E-state index in [9.17, 15) is 0 Å². The first kappa shape index (κ1) is 12.7. The lowest BCUT2D eigenvalue weighted by Gasteiger charge is -2.03. The Morgan fingerprint density at radius 3 is 2.75 bits per heavy atom. The second kappa shape index (κ2) is 5.75. The summed E-state index contributed by atoms with van der Waals surface area (Å²) < 4.78 is 1.70. The number of hydrogen-bond donors (Lipinski definition) is 1. The molecule has 2 aromatic heterocycles. The number of nitrogens with one attached hydrogen (secondary N) is 1. The van der Waals surface area contributed by atoms with Crippen molar-refractivity contribution in [1.29, 1.82) is 0 Å². The maximum atomic E-state index is 4.22. The third-order valence-electron chi connectivity index (χ3n) is 3.01. The lowest BCUT2D eigenvalue weighted by molar-refractivity contribution is 0.653. The van der Waals surface area contributed by atoms with Crippen molar-refractivity contribution in [1.82, 2.24) is 30.5 Å². The summed E-state index contributed by atoms with van der Waals surface area (Å²) in [6.45, 7) is 3.86. The van der Waals surface area contributed by atoms with Gasteiger partial charge in [-0.05, 0) is 37.2 Å². The van der Waals surface area contributed by atoms with E-state index in [0.717, 1.165) is 36.2 Å². The standard InChI is InChI=1S/C14H16N6/c1-2-9-15-10-11-7-8-14(18-16-11)20-13-6-4-3-5-12(13)17-19-20/h3-8,15H,2,9-10H2,1H3. The molecule has 0 saturated carbocycles. The van der Waals surface area contributed by atoms with Gasteiger partial charge < -0.3 is 5.32 Å². The van der Waals surface area contributed by atoms with Crippen LogP contribution < -0.4 is 5.32 Å². The average Bonchev–Trinajstić information content (AvgIpc) is 2.92. The van der Waals surface area contributed by atoms with Gasteiger partial charge in [-0.3, -0.25) is 0 Å².